The van der Waals surface area contributed by atoms with Gasteiger partial charge < -0.3 is 18.6 Å². The van der Waals surface area contributed by atoms with Crippen molar-refractivity contribution in [3.63, 3.8) is 0 Å². The van der Waals surface area contributed by atoms with Crippen LogP contribution < -0.4 is 5.32 Å². The van der Waals surface area contributed by atoms with Crippen LogP contribution in [-0.4, -0.2) is 42.2 Å². The van der Waals surface area contributed by atoms with Crippen molar-refractivity contribution in [2.24, 2.45) is 0 Å². The molecule has 0 aromatic rings. The molecular formula is C26H57NO3Si. The highest BCUT2D eigenvalue weighted by Crippen LogP contribution is 2.36. The summed E-state index contributed by atoms with van der Waals surface area (Å²) >= 11 is 0. The van der Waals surface area contributed by atoms with E-state index < -0.39 is 8.80 Å². The summed E-state index contributed by atoms with van der Waals surface area (Å²) in [6.07, 6.45) is 21.3. The molecule has 0 aliphatic carbocycles. The lowest BCUT2D eigenvalue weighted by molar-refractivity contribution is 0.102. The predicted molar refractivity (Wildman–Crippen MR) is 138 cm³/mol. The second-order valence-electron chi connectivity index (χ2n) is 9.96. The van der Waals surface area contributed by atoms with E-state index in [0.29, 0.717) is 5.54 Å². The van der Waals surface area contributed by atoms with Crippen molar-refractivity contribution in [1.82, 2.24) is 5.32 Å². The molecule has 0 saturated carbocycles. The first-order valence-corrected chi connectivity index (χ1v) is 15.1. The van der Waals surface area contributed by atoms with Gasteiger partial charge in [-0.15, -0.1) is 0 Å². The molecule has 31 heavy (non-hydrogen) atoms. The van der Waals surface area contributed by atoms with E-state index in [-0.39, 0.29) is 5.54 Å². The van der Waals surface area contributed by atoms with Gasteiger partial charge in [0.25, 0.3) is 0 Å². The average molecular weight is 460 g/mol. The highest BCUT2D eigenvalue weighted by atomic mass is 28.4. The smallest absolute Gasteiger partial charge is 0.377 e. The fourth-order valence-electron chi connectivity index (χ4n) is 4.71. The summed E-state index contributed by atoms with van der Waals surface area (Å²) in [5.41, 5.74) is 0.394. The molecule has 5 heteroatoms. The Kier molecular flexibility index (Phi) is 19.6. The lowest BCUT2D eigenvalue weighted by Crippen LogP contribution is -2.51. The Labute approximate surface area is 197 Å². The van der Waals surface area contributed by atoms with E-state index in [4.69, 9.17) is 13.3 Å². The summed E-state index contributed by atoms with van der Waals surface area (Å²) < 4.78 is 17.6. The molecule has 1 N–H and O–H groups in total. The minimum Gasteiger partial charge on any atom is -0.377 e. The maximum atomic E-state index is 5.88. The molecule has 0 aromatic heterocycles. The van der Waals surface area contributed by atoms with Crippen molar-refractivity contribution >= 4 is 8.80 Å². The normalized spacial score (nSPS) is 13.6. The van der Waals surface area contributed by atoms with Crippen LogP contribution in [-0.2, 0) is 13.3 Å². The number of nitrogens with one attached hydrogen (secondary N) is 1. The molecule has 0 aromatic carbocycles. The molecule has 0 radical (unpaired) electrons. The highest BCUT2D eigenvalue weighted by Gasteiger charge is 2.48. The lowest BCUT2D eigenvalue weighted by atomic mass is 9.95. The zero-order chi connectivity index (χ0) is 23.4. The maximum absolute atomic E-state index is 5.88. The first-order chi connectivity index (χ1) is 14.9. The Morgan fingerprint density at radius 2 is 1.06 bits per heavy atom. The van der Waals surface area contributed by atoms with Crippen LogP contribution in [0.2, 0.25) is 5.54 Å². The fraction of sp³-hybridized carbons (Fsp3) is 1.00. The van der Waals surface area contributed by atoms with E-state index in [1.165, 1.54) is 83.5 Å². The van der Waals surface area contributed by atoms with Gasteiger partial charge in [-0.3, -0.25) is 0 Å². The van der Waals surface area contributed by atoms with E-state index in [0.717, 1.165) is 25.8 Å². The number of hydrogen-bond donors (Lipinski definition) is 1. The van der Waals surface area contributed by atoms with Crippen molar-refractivity contribution in [2.45, 2.75) is 142 Å². The van der Waals surface area contributed by atoms with Crippen LogP contribution in [0.25, 0.3) is 0 Å². The van der Waals surface area contributed by atoms with Crippen molar-refractivity contribution in [1.29, 1.82) is 0 Å². The molecule has 0 aliphatic heterocycles. The van der Waals surface area contributed by atoms with Crippen molar-refractivity contribution < 1.29 is 13.3 Å². The Balaban J connectivity index is 4.20. The molecule has 0 saturated heterocycles. The van der Waals surface area contributed by atoms with Gasteiger partial charge in [0.2, 0.25) is 0 Å². The summed E-state index contributed by atoms with van der Waals surface area (Å²) in [6.45, 7) is 10.1. The molecule has 1 unspecified atom stereocenters. The maximum Gasteiger partial charge on any atom is 0.503 e. The van der Waals surface area contributed by atoms with Crippen LogP contribution in [0, 0.1) is 0 Å². The fourth-order valence-corrected chi connectivity index (χ4v) is 7.53. The Hall–Kier alpha value is 0.0569. The summed E-state index contributed by atoms with van der Waals surface area (Å²) in [7, 11) is 2.62. The van der Waals surface area contributed by atoms with Crippen LogP contribution >= 0.6 is 0 Å². The Morgan fingerprint density at radius 1 is 0.645 bits per heavy atom. The van der Waals surface area contributed by atoms with E-state index in [2.05, 4.69) is 33.0 Å². The van der Waals surface area contributed by atoms with Crippen LogP contribution in [0.1, 0.15) is 130 Å². The molecule has 188 valence electrons. The average Bonchev–Trinajstić information content (AvgIpc) is 2.76. The highest BCUT2D eigenvalue weighted by molar-refractivity contribution is 6.62. The minimum absolute atomic E-state index is 0.0606. The third kappa shape index (κ3) is 14.7. The SMILES string of the molecule is CCCCCCCCCCCCCCCC(CC(C)(C)NCCC)[Si](OC)(OC)OC. The standard InChI is InChI=1S/C26H57NO3Si/c1-8-10-11-12-13-14-15-16-17-18-19-20-21-22-25(31(28-5,29-6)30-7)24-26(3,4)27-23-9-2/h25,27H,8-24H2,1-7H3. The van der Waals surface area contributed by atoms with Crippen LogP contribution in [0.4, 0.5) is 0 Å². The molecule has 0 aliphatic rings. The van der Waals surface area contributed by atoms with Crippen LogP contribution in [0.15, 0.2) is 0 Å². The van der Waals surface area contributed by atoms with Gasteiger partial charge in [-0.05, 0) is 39.7 Å². The van der Waals surface area contributed by atoms with E-state index in [1.54, 1.807) is 21.3 Å². The summed E-state index contributed by atoms with van der Waals surface area (Å²) in [5, 5.41) is 3.69. The van der Waals surface area contributed by atoms with Gasteiger partial charge in [-0.1, -0.05) is 97.3 Å². The summed E-state index contributed by atoms with van der Waals surface area (Å²) in [5.74, 6) is 0. The first-order valence-electron chi connectivity index (χ1n) is 13.3. The van der Waals surface area contributed by atoms with E-state index in [9.17, 15) is 0 Å². The third-order valence-electron chi connectivity index (χ3n) is 6.62. The van der Waals surface area contributed by atoms with Gasteiger partial charge in [-0.25, -0.2) is 0 Å². The Bertz CT molecular complexity index is 381. The van der Waals surface area contributed by atoms with Crippen molar-refractivity contribution in [3.8, 4) is 0 Å². The third-order valence-corrected chi connectivity index (χ3v) is 9.82. The molecule has 1 atom stereocenters. The molecular weight excluding hydrogens is 402 g/mol. The molecule has 0 bridgehead atoms. The molecule has 4 nitrogen and oxygen atoms in total. The van der Waals surface area contributed by atoms with Crippen molar-refractivity contribution in [2.75, 3.05) is 27.9 Å². The first kappa shape index (κ1) is 31.1. The van der Waals surface area contributed by atoms with Crippen LogP contribution in [0.5, 0.6) is 0 Å². The lowest BCUT2D eigenvalue weighted by Gasteiger charge is -2.38. The second kappa shape index (κ2) is 19.5. The minimum atomic E-state index is -2.64. The van der Waals surface area contributed by atoms with Gasteiger partial charge in [-0.2, -0.15) is 0 Å². The molecule has 0 rings (SSSR count). The van der Waals surface area contributed by atoms with Gasteiger partial charge >= 0.3 is 8.80 Å². The largest absolute Gasteiger partial charge is 0.503 e. The molecule has 0 heterocycles. The van der Waals surface area contributed by atoms with E-state index >= 15 is 0 Å². The zero-order valence-electron chi connectivity index (χ0n) is 22.3. The van der Waals surface area contributed by atoms with Crippen molar-refractivity contribution in [3.05, 3.63) is 0 Å². The van der Waals surface area contributed by atoms with E-state index in [1.807, 2.05) is 0 Å². The second-order valence-corrected chi connectivity index (χ2v) is 13.2. The van der Waals surface area contributed by atoms with Gasteiger partial charge in [0, 0.05) is 32.4 Å². The quantitative estimate of drug-likeness (QED) is 0.125. The topological polar surface area (TPSA) is 39.7 Å². The predicted octanol–water partition coefficient (Wildman–Crippen LogP) is 7.88. The van der Waals surface area contributed by atoms with Crippen LogP contribution in [0.3, 0.4) is 0 Å². The van der Waals surface area contributed by atoms with Gasteiger partial charge in [0.15, 0.2) is 0 Å². The van der Waals surface area contributed by atoms with Gasteiger partial charge in [0.05, 0.1) is 0 Å². The number of unbranched alkanes of at least 4 members (excludes halogenated alkanes) is 12. The number of rotatable bonds is 23. The number of hydrogen-bond acceptors (Lipinski definition) is 4. The Morgan fingerprint density at radius 3 is 1.45 bits per heavy atom. The molecule has 0 spiro atoms. The summed E-state index contributed by atoms with van der Waals surface area (Å²) in [6, 6.07) is 0. The monoisotopic (exact) mass is 459 g/mol. The summed E-state index contributed by atoms with van der Waals surface area (Å²) in [4.78, 5) is 0. The van der Waals surface area contributed by atoms with Gasteiger partial charge in [0.1, 0.15) is 0 Å². The molecule has 0 amide bonds. The zero-order valence-corrected chi connectivity index (χ0v) is 23.3. The molecule has 0 fully saturated rings.